The maximum atomic E-state index is 5.43. The van der Waals surface area contributed by atoms with Crippen molar-refractivity contribution >= 4 is 35.6 Å². The molecule has 6 nitrogen and oxygen atoms in total. The minimum absolute atomic E-state index is 0. The quantitative estimate of drug-likeness (QED) is 0.342. The summed E-state index contributed by atoms with van der Waals surface area (Å²) in [4.78, 5) is 9.71. The van der Waals surface area contributed by atoms with Crippen LogP contribution in [0, 0.1) is 0 Å². The second kappa shape index (κ2) is 12.5. The highest BCUT2D eigenvalue weighted by atomic mass is 127. The molecule has 1 aromatic carbocycles. The predicted molar refractivity (Wildman–Crippen MR) is 128 cm³/mol. The van der Waals surface area contributed by atoms with E-state index in [0.29, 0.717) is 12.6 Å². The first-order valence-corrected chi connectivity index (χ1v) is 10.5. The number of morpholine rings is 1. The third-order valence-corrected chi connectivity index (χ3v) is 5.49. The van der Waals surface area contributed by atoms with Crippen LogP contribution in [0.1, 0.15) is 32.3 Å². The molecular weight excluding hydrogens is 465 g/mol. The predicted octanol–water partition coefficient (Wildman–Crippen LogP) is 2.68. The molecule has 0 amide bonds. The van der Waals surface area contributed by atoms with Crippen LogP contribution in [0.15, 0.2) is 29.3 Å². The number of benzene rings is 1. The van der Waals surface area contributed by atoms with Gasteiger partial charge in [0.15, 0.2) is 5.96 Å². The van der Waals surface area contributed by atoms with Gasteiger partial charge < -0.3 is 20.3 Å². The number of hydrogen-bond acceptors (Lipinski definition) is 4. The molecule has 7 heteroatoms. The van der Waals surface area contributed by atoms with Crippen molar-refractivity contribution < 1.29 is 4.74 Å². The van der Waals surface area contributed by atoms with Gasteiger partial charge in [0.1, 0.15) is 0 Å². The van der Waals surface area contributed by atoms with Gasteiger partial charge in [-0.05, 0) is 50.6 Å². The summed E-state index contributed by atoms with van der Waals surface area (Å²) in [5, 5.41) is 6.91. The van der Waals surface area contributed by atoms with Gasteiger partial charge in [-0.1, -0.05) is 19.1 Å². The fourth-order valence-electron chi connectivity index (χ4n) is 3.90. The Morgan fingerprint density at radius 3 is 2.54 bits per heavy atom. The molecule has 158 valence electrons. The maximum Gasteiger partial charge on any atom is 0.191 e. The standard InChI is InChI=1S/C21H35N5O.HI/c1-3-22-21(24-17-20-6-5-11-25(20)4-2)23-16-18-7-9-19(10-8-18)26-12-14-27-15-13-26;/h7-10,20H,3-6,11-17H2,1-2H3,(H2,22,23,24);1H. The number of hydrogen-bond donors (Lipinski definition) is 2. The Balaban J connectivity index is 0.00000280. The zero-order valence-corrected chi connectivity index (χ0v) is 19.7. The first-order valence-electron chi connectivity index (χ1n) is 10.5. The van der Waals surface area contributed by atoms with Crippen LogP contribution < -0.4 is 15.5 Å². The van der Waals surface area contributed by atoms with Gasteiger partial charge in [0.2, 0.25) is 0 Å². The van der Waals surface area contributed by atoms with E-state index in [4.69, 9.17) is 9.73 Å². The molecule has 0 saturated carbocycles. The normalized spacial score (nSPS) is 20.7. The van der Waals surface area contributed by atoms with Crippen LogP contribution in [0.25, 0.3) is 0 Å². The molecule has 2 saturated heterocycles. The molecule has 2 aliphatic heterocycles. The maximum absolute atomic E-state index is 5.43. The van der Waals surface area contributed by atoms with Gasteiger partial charge in [0.05, 0.1) is 19.8 Å². The summed E-state index contributed by atoms with van der Waals surface area (Å²) in [5.41, 5.74) is 2.51. The third kappa shape index (κ3) is 6.77. The van der Waals surface area contributed by atoms with Crippen LogP contribution in [-0.4, -0.2) is 69.4 Å². The number of nitrogens with zero attached hydrogens (tertiary/aromatic N) is 3. The molecule has 3 rings (SSSR count). The van der Waals surface area contributed by atoms with Crippen LogP contribution in [0.5, 0.6) is 0 Å². The van der Waals surface area contributed by atoms with Gasteiger partial charge in [-0.15, -0.1) is 24.0 Å². The Bertz CT molecular complexity index is 589. The molecule has 0 spiro atoms. The lowest BCUT2D eigenvalue weighted by Gasteiger charge is -2.28. The number of likely N-dealkylation sites (N-methyl/N-ethyl adjacent to an activating group) is 1. The lowest BCUT2D eigenvalue weighted by atomic mass is 10.2. The first-order chi connectivity index (χ1) is 13.3. The molecule has 2 heterocycles. The summed E-state index contributed by atoms with van der Waals surface area (Å²) in [6, 6.07) is 9.41. The third-order valence-electron chi connectivity index (χ3n) is 5.49. The molecule has 2 fully saturated rings. The zero-order valence-electron chi connectivity index (χ0n) is 17.3. The van der Waals surface area contributed by atoms with Gasteiger partial charge in [0.25, 0.3) is 0 Å². The summed E-state index contributed by atoms with van der Waals surface area (Å²) in [6.07, 6.45) is 2.59. The van der Waals surface area contributed by atoms with E-state index in [1.807, 2.05) is 0 Å². The number of guanidine groups is 1. The number of ether oxygens (including phenoxy) is 1. The summed E-state index contributed by atoms with van der Waals surface area (Å²) >= 11 is 0. The topological polar surface area (TPSA) is 52.1 Å². The molecule has 2 aliphatic rings. The van der Waals surface area contributed by atoms with E-state index in [9.17, 15) is 0 Å². The molecule has 0 aromatic heterocycles. The molecule has 0 bridgehead atoms. The van der Waals surface area contributed by atoms with Crippen molar-refractivity contribution in [2.75, 3.05) is 57.4 Å². The Hall–Kier alpha value is -1.06. The molecule has 28 heavy (non-hydrogen) atoms. The van der Waals surface area contributed by atoms with Crippen LogP contribution in [0.3, 0.4) is 0 Å². The Morgan fingerprint density at radius 2 is 1.86 bits per heavy atom. The molecule has 0 radical (unpaired) electrons. The summed E-state index contributed by atoms with van der Waals surface area (Å²) in [5.74, 6) is 0.915. The highest BCUT2D eigenvalue weighted by Crippen LogP contribution is 2.17. The van der Waals surface area contributed by atoms with Gasteiger partial charge >= 0.3 is 0 Å². The summed E-state index contributed by atoms with van der Waals surface area (Å²) in [6.45, 7) is 12.9. The zero-order chi connectivity index (χ0) is 18.9. The SMILES string of the molecule is CCNC(=NCc1ccc(N2CCOCC2)cc1)NCC1CCCN1CC.I. The van der Waals surface area contributed by atoms with E-state index in [1.165, 1.54) is 30.6 Å². The highest BCUT2D eigenvalue weighted by Gasteiger charge is 2.22. The Kier molecular flexibility index (Phi) is 10.4. The number of likely N-dealkylation sites (tertiary alicyclic amines) is 1. The van der Waals surface area contributed by atoms with E-state index in [1.54, 1.807) is 0 Å². The minimum atomic E-state index is 0. The minimum Gasteiger partial charge on any atom is -0.378 e. The second-order valence-electron chi connectivity index (χ2n) is 7.27. The van der Waals surface area contributed by atoms with E-state index < -0.39 is 0 Å². The van der Waals surface area contributed by atoms with Crippen LogP contribution >= 0.6 is 24.0 Å². The average molecular weight is 501 g/mol. The number of rotatable bonds is 7. The van der Waals surface area contributed by atoms with Crippen molar-refractivity contribution in [3.63, 3.8) is 0 Å². The molecule has 2 N–H and O–H groups in total. The van der Waals surface area contributed by atoms with Crippen LogP contribution in [0.2, 0.25) is 0 Å². The highest BCUT2D eigenvalue weighted by molar-refractivity contribution is 14.0. The van der Waals surface area contributed by atoms with E-state index in [-0.39, 0.29) is 24.0 Å². The van der Waals surface area contributed by atoms with Crippen LogP contribution in [-0.2, 0) is 11.3 Å². The van der Waals surface area contributed by atoms with Crippen LogP contribution in [0.4, 0.5) is 5.69 Å². The molecule has 1 unspecified atom stereocenters. The number of nitrogens with one attached hydrogen (secondary N) is 2. The number of aliphatic imine (C=N–C) groups is 1. The van der Waals surface area contributed by atoms with E-state index in [0.717, 1.165) is 51.9 Å². The molecule has 1 atom stereocenters. The van der Waals surface area contributed by atoms with Crippen molar-refractivity contribution in [3.8, 4) is 0 Å². The largest absolute Gasteiger partial charge is 0.378 e. The first kappa shape index (κ1) is 23.2. The summed E-state index contributed by atoms with van der Waals surface area (Å²) in [7, 11) is 0. The van der Waals surface area contributed by atoms with Crippen molar-refractivity contribution in [1.29, 1.82) is 0 Å². The molecular formula is C21H36IN5O. The van der Waals surface area contributed by atoms with Crippen molar-refractivity contribution in [1.82, 2.24) is 15.5 Å². The molecule has 0 aliphatic carbocycles. The van der Waals surface area contributed by atoms with Gasteiger partial charge in [-0.2, -0.15) is 0 Å². The number of halogens is 1. The smallest absolute Gasteiger partial charge is 0.191 e. The van der Waals surface area contributed by atoms with E-state index >= 15 is 0 Å². The lowest BCUT2D eigenvalue weighted by Crippen LogP contribution is -2.44. The summed E-state index contributed by atoms with van der Waals surface area (Å²) < 4.78 is 5.43. The lowest BCUT2D eigenvalue weighted by molar-refractivity contribution is 0.122. The Labute approximate surface area is 187 Å². The monoisotopic (exact) mass is 501 g/mol. The average Bonchev–Trinajstić information content (AvgIpc) is 3.19. The fourth-order valence-corrected chi connectivity index (χ4v) is 3.90. The fraction of sp³-hybridized carbons (Fsp3) is 0.667. The van der Waals surface area contributed by atoms with Crippen molar-refractivity contribution in [3.05, 3.63) is 29.8 Å². The van der Waals surface area contributed by atoms with Crippen molar-refractivity contribution in [2.45, 2.75) is 39.3 Å². The molecule has 1 aromatic rings. The second-order valence-corrected chi connectivity index (χ2v) is 7.27. The number of anilines is 1. The van der Waals surface area contributed by atoms with E-state index in [2.05, 4.69) is 58.5 Å². The van der Waals surface area contributed by atoms with Gasteiger partial charge in [-0.3, -0.25) is 4.90 Å². The van der Waals surface area contributed by atoms with Crippen molar-refractivity contribution in [2.24, 2.45) is 4.99 Å². The Morgan fingerprint density at radius 1 is 1.11 bits per heavy atom. The van der Waals surface area contributed by atoms with Gasteiger partial charge in [-0.25, -0.2) is 4.99 Å². The van der Waals surface area contributed by atoms with Gasteiger partial charge in [0, 0.05) is 37.9 Å².